The maximum Gasteiger partial charge on any atom is 0.472 e. The molecule has 0 aliphatic heterocycles. The Morgan fingerprint density at radius 2 is 0.565 bits per heavy atom. The largest absolute Gasteiger partial charge is 0.472 e. The van der Waals surface area contributed by atoms with Crippen molar-refractivity contribution in [2.75, 3.05) is 39.6 Å². The molecule has 0 heterocycles. The highest BCUT2D eigenvalue weighted by Gasteiger charge is 2.30. The molecule has 0 spiro atoms. The predicted molar refractivity (Wildman–Crippen MR) is 340 cm³/mol. The van der Waals surface area contributed by atoms with Gasteiger partial charge in [0.2, 0.25) is 0 Å². The molecule has 17 nitrogen and oxygen atoms in total. The molecule has 85 heavy (non-hydrogen) atoms. The Morgan fingerprint density at radius 1 is 0.329 bits per heavy atom. The number of phosphoric acid groups is 2. The molecule has 0 aromatic rings. The number of unbranched alkanes of at least 4 members (excludes halogenated alkanes) is 28. The van der Waals surface area contributed by atoms with Crippen molar-refractivity contribution >= 4 is 39.5 Å². The number of phosphoric ester groups is 2. The average Bonchev–Trinajstić information content (AvgIpc) is 3.52. The third-order valence-corrected chi connectivity index (χ3v) is 17.3. The first-order valence-corrected chi connectivity index (χ1v) is 37.2. The molecule has 0 aromatic carbocycles. The summed E-state index contributed by atoms with van der Waals surface area (Å²) >= 11 is 0. The van der Waals surface area contributed by atoms with E-state index in [9.17, 15) is 43.2 Å². The summed E-state index contributed by atoms with van der Waals surface area (Å²) in [6.07, 6.45) is 36.2. The molecule has 3 N–H and O–H groups in total. The smallest absolute Gasteiger partial charge is 0.462 e. The van der Waals surface area contributed by atoms with Gasteiger partial charge in [-0.15, -0.1) is 0 Å². The number of esters is 4. The Balaban J connectivity index is 5.27. The van der Waals surface area contributed by atoms with E-state index in [0.29, 0.717) is 25.7 Å². The van der Waals surface area contributed by atoms with Crippen LogP contribution in [0.2, 0.25) is 0 Å². The fourth-order valence-corrected chi connectivity index (χ4v) is 11.3. The Hall–Kier alpha value is -1.94. The molecule has 0 amide bonds. The second-order valence-corrected chi connectivity index (χ2v) is 28.4. The Labute approximate surface area is 517 Å². The van der Waals surface area contributed by atoms with Crippen LogP contribution in [0, 0.1) is 23.7 Å². The number of aliphatic hydroxyl groups is 1. The number of carbonyl (C=O) groups excluding carboxylic acids is 4. The van der Waals surface area contributed by atoms with E-state index in [-0.39, 0.29) is 25.7 Å². The van der Waals surface area contributed by atoms with E-state index < -0.39 is 97.5 Å². The van der Waals surface area contributed by atoms with Crippen molar-refractivity contribution in [3.63, 3.8) is 0 Å². The van der Waals surface area contributed by atoms with Crippen molar-refractivity contribution in [3.8, 4) is 0 Å². The SMILES string of the molecule is CCC(C)CCCCCCCCCCC(=O)O[C@H](COC(=O)CCCCCCCCCCC(C)C)COP(=O)(O)OCC(O)COP(=O)(O)OC[C@@H](COC(=O)CCCCCCCCCCC(C)C)OC(=O)CCCCCCCCCCC(C)C. The summed E-state index contributed by atoms with van der Waals surface area (Å²) in [4.78, 5) is 72.3. The van der Waals surface area contributed by atoms with Crippen LogP contribution in [0.25, 0.3) is 0 Å². The Bertz CT molecular complexity index is 1700. The molecule has 0 aliphatic rings. The number of hydrogen-bond acceptors (Lipinski definition) is 15. The van der Waals surface area contributed by atoms with Gasteiger partial charge < -0.3 is 33.8 Å². The molecule has 0 aliphatic carbocycles. The Kier molecular flexibility index (Phi) is 54.8. The summed E-state index contributed by atoms with van der Waals surface area (Å²) in [5, 5.41) is 10.6. The second kappa shape index (κ2) is 56.1. The topological polar surface area (TPSA) is 237 Å². The zero-order valence-electron chi connectivity index (χ0n) is 55.2. The third kappa shape index (κ3) is 59.5. The minimum Gasteiger partial charge on any atom is -0.462 e. The van der Waals surface area contributed by atoms with Crippen molar-refractivity contribution in [2.45, 2.75) is 337 Å². The molecule has 0 radical (unpaired) electrons. The zero-order chi connectivity index (χ0) is 63.2. The van der Waals surface area contributed by atoms with E-state index in [1.165, 1.54) is 122 Å². The summed E-state index contributed by atoms with van der Waals surface area (Å²) in [6.45, 7) is 14.0. The van der Waals surface area contributed by atoms with Crippen molar-refractivity contribution in [2.24, 2.45) is 23.7 Å². The first-order valence-electron chi connectivity index (χ1n) is 34.2. The van der Waals surface area contributed by atoms with Gasteiger partial charge in [0.05, 0.1) is 26.4 Å². The number of rotatable bonds is 63. The number of hydrogen-bond donors (Lipinski definition) is 3. The Morgan fingerprint density at radius 3 is 0.835 bits per heavy atom. The van der Waals surface area contributed by atoms with Gasteiger partial charge in [0.25, 0.3) is 0 Å². The van der Waals surface area contributed by atoms with E-state index in [1.54, 1.807) is 0 Å². The minimum atomic E-state index is -4.95. The van der Waals surface area contributed by atoms with E-state index in [1.807, 2.05) is 0 Å². The fourth-order valence-electron chi connectivity index (χ4n) is 9.75. The van der Waals surface area contributed by atoms with Crippen LogP contribution >= 0.6 is 15.6 Å². The summed E-state index contributed by atoms with van der Waals surface area (Å²) < 4.78 is 68.1. The highest BCUT2D eigenvalue weighted by Crippen LogP contribution is 2.45. The van der Waals surface area contributed by atoms with Crippen molar-refractivity contribution in [1.82, 2.24) is 0 Å². The monoisotopic (exact) mass is 1250 g/mol. The van der Waals surface area contributed by atoms with Crippen LogP contribution in [-0.4, -0.2) is 96.7 Å². The summed E-state index contributed by atoms with van der Waals surface area (Å²) in [7, 11) is -9.89. The van der Waals surface area contributed by atoms with Crippen molar-refractivity contribution in [1.29, 1.82) is 0 Å². The molecular weight excluding hydrogens is 1130 g/mol. The highest BCUT2D eigenvalue weighted by atomic mass is 31.2. The molecular formula is C66H128O17P2. The van der Waals surface area contributed by atoms with Crippen LogP contribution < -0.4 is 0 Å². The molecule has 0 saturated carbocycles. The first kappa shape index (κ1) is 83.1. The lowest BCUT2D eigenvalue weighted by atomic mass is 9.99. The molecule has 504 valence electrons. The van der Waals surface area contributed by atoms with E-state index >= 15 is 0 Å². The molecule has 19 heteroatoms. The summed E-state index contributed by atoms with van der Waals surface area (Å²) in [5.74, 6) is 0.802. The number of aliphatic hydroxyl groups excluding tert-OH is 1. The molecule has 0 saturated heterocycles. The predicted octanol–water partition coefficient (Wildman–Crippen LogP) is 18.1. The van der Waals surface area contributed by atoms with Crippen LogP contribution in [0.15, 0.2) is 0 Å². The lowest BCUT2D eigenvalue weighted by Gasteiger charge is -2.21. The van der Waals surface area contributed by atoms with Crippen LogP contribution in [-0.2, 0) is 65.4 Å². The van der Waals surface area contributed by atoms with Crippen LogP contribution in [0.4, 0.5) is 0 Å². The van der Waals surface area contributed by atoms with Gasteiger partial charge in [0, 0.05) is 25.7 Å². The molecule has 0 fully saturated rings. The van der Waals surface area contributed by atoms with E-state index in [4.69, 9.17) is 37.0 Å². The van der Waals surface area contributed by atoms with Gasteiger partial charge in [-0.25, -0.2) is 9.13 Å². The van der Waals surface area contributed by atoms with E-state index in [0.717, 1.165) is 114 Å². The normalized spacial score (nSPS) is 14.7. The summed E-state index contributed by atoms with van der Waals surface area (Å²) in [5.41, 5.74) is 0. The lowest BCUT2D eigenvalue weighted by molar-refractivity contribution is -0.161. The standard InChI is InChI=1S/C66H128O17P2/c1-9-59(8)45-37-29-21-13-17-25-33-41-49-66(71)83-62(53-77-64(69)47-39-31-23-15-11-19-27-35-43-57(4)5)55-81-85(74,75)79-51-60(67)50-78-84(72,73)80-54-61(82-65(70)48-40-32-24-16-12-20-28-36-44-58(6)7)52-76-63(68)46-38-30-22-14-10-18-26-34-42-56(2)3/h56-62,67H,9-55H2,1-8H3,(H,72,73)(H,74,75)/t59?,60?,61-,62-/m1/s1. The minimum absolute atomic E-state index is 0.103. The second-order valence-electron chi connectivity index (χ2n) is 25.5. The highest BCUT2D eigenvalue weighted by molar-refractivity contribution is 7.47. The maximum atomic E-state index is 13.0. The zero-order valence-corrected chi connectivity index (χ0v) is 57.0. The number of ether oxygens (including phenoxy) is 4. The maximum absolute atomic E-state index is 13.0. The fraction of sp³-hybridized carbons (Fsp3) is 0.939. The molecule has 6 atom stereocenters. The van der Waals surface area contributed by atoms with Crippen LogP contribution in [0.5, 0.6) is 0 Å². The molecule has 4 unspecified atom stereocenters. The first-order chi connectivity index (χ1) is 40.6. The van der Waals surface area contributed by atoms with Crippen LogP contribution in [0.3, 0.4) is 0 Å². The molecule has 0 aromatic heterocycles. The average molecular weight is 1260 g/mol. The number of carbonyl (C=O) groups is 4. The van der Waals surface area contributed by atoms with E-state index in [2.05, 4.69) is 55.4 Å². The van der Waals surface area contributed by atoms with Gasteiger partial charge in [0.15, 0.2) is 12.2 Å². The molecule has 0 rings (SSSR count). The third-order valence-electron chi connectivity index (χ3n) is 15.4. The van der Waals surface area contributed by atoms with Gasteiger partial charge in [-0.3, -0.25) is 37.3 Å². The quantitative estimate of drug-likeness (QED) is 0.0222. The molecule has 0 bridgehead atoms. The van der Waals surface area contributed by atoms with Gasteiger partial charge >= 0.3 is 39.5 Å². The van der Waals surface area contributed by atoms with Gasteiger partial charge in [-0.1, -0.05) is 267 Å². The van der Waals surface area contributed by atoms with Gasteiger partial charge in [0.1, 0.15) is 19.3 Å². The van der Waals surface area contributed by atoms with Gasteiger partial charge in [-0.05, 0) is 49.4 Å². The van der Waals surface area contributed by atoms with Crippen molar-refractivity contribution < 1.29 is 80.2 Å². The lowest BCUT2D eigenvalue weighted by Crippen LogP contribution is -2.30. The van der Waals surface area contributed by atoms with Crippen LogP contribution in [0.1, 0.15) is 319 Å². The van der Waals surface area contributed by atoms with Crippen molar-refractivity contribution in [3.05, 3.63) is 0 Å². The summed E-state index contributed by atoms with van der Waals surface area (Å²) in [6, 6.07) is 0. The van der Waals surface area contributed by atoms with Gasteiger partial charge in [-0.2, -0.15) is 0 Å².